The zero-order valence-electron chi connectivity index (χ0n) is 18.2. The molecule has 0 spiro atoms. The maximum atomic E-state index is 14.8. The summed E-state index contributed by atoms with van der Waals surface area (Å²) in [6.45, 7) is 6.92. The first-order valence-corrected chi connectivity index (χ1v) is 12.3. The lowest BCUT2D eigenvalue weighted by atomic mass is 9.80. The molecule has 0 radical (unpaired) electrons. The second-order valence-electron chi connectivity index (χ2n) is 11.1. The van der Waals surface area contributed by atoms with Gasteiger partial charge in [-0.05, 0) is 55.8 Å². The molecule has 3 aliphatic carbocycles. The van der Waals surface area contributed by atoms with Crippen LogP contribution in [0.25, 0.3) is 0 Å². The van der Waals surface area contributed by atoms with E-state index in [9.17, 15) is 9.28 Å². The Morgan fingerprint density at radius 3 is 2.63 bits per heavy atom. The molecule has 4 N–H and O–H groups in total. The van der Waals surface area contributed by atoms with Crippen LogP contribution in [0.4, 0.5) is 4.48 Å². The summed E-state index contributed by atoms with van der Waals surface area (Å²) in [5, 5.41) is 8.16. The number of nitrogens with one attached hydrogen (secondary N) is 2. The van der Waals surface area contributed by atoms with Gasteiger partial charge in [-0.2, -0.15) is 5.12 Å². The second-order valence-corrected chi connectivity index (χ2v) is 11.7. The summed E-state index contributed by atoms with van der Waals surface area (Å²) in [6, 6.07) is 0.336. The lowest BCUT2D eigenvalue weighted by Gasteiger charge is -2.47. The lowest BCUT2D eigenvalue weighted by molar-refractivity contribution is -0.155. The van der Waals surface area contributed by atoms with E-state index in [1.807, 2.05) is 6.92 Å². The van der Waals surface area contributed by atoms with Crippen LogP contribution in [-0.4, -0.2) is 65.9 Å². The third kappa shape index (κ3) is 3.90. The standard InChI is InChI=1S/C22H37ClFN5O/c1-12-3-4-13(7-17(12)23)19-26-8-14(9-29(24)21(30)22(2)5-6-22)20(27-19)28-10-15-16(11-28)18(15)25/h12-20,26-27H,3-11,25H2,1-2H3/t12?,13?,14?,15-,16+,17?,18?,19?,20?. The van der Waals surface area contributed by atoms with Crippen LogP contribution in [0.2, 0.25) is 0 Å². The summed E-state index contributed by atoms with van der Waals surface area (Å²) in [4.78, 5) is 14.9. The molecule has 5 fully saturated rings. The van der Waals surface area contributed by atoms with Gasteiger partial charge in [0, 0.05) is 42.4 Å². The minimum atomic E-state index is -0.474. The number of halogens is 2. The van der Waals surface area contributed by atoms with Crippen LogP contribution in [0.5, 0.6) is 0 Å². The zero-order valence-corrected chi connectivity index (χ0v) is 19.0. The summed E-state index contributed by atoms with van der Waals surface area (Å²) in [5.41, 5.74) is 5.69. The van der Waals surface area contributed by atoms with Gasteiger partial charge in [0.05, 0.1) is 18.9 Å². The van der Waals surface area contributed by atoms with E-state index in [0.717, 1.165) is 45.2 Å². The molecule has 2 saturated heterocycles. The molecular formula is C22H37ClFN5O. The average molecular weight is 442 g/mol. The molecule has 6 nitrogen and oxygen atoms in total. The van der Waals surface area contributed by atoms with E-state index < -0.39 is 5.41 Å². The molecule has 1 amide bonds. The highest BCUT2D eigenvalue weighted by Crippen LogP contribution is 2.47. The van der Waals surface area contributed by atoms with E-state index in [0.29, 0.717) is 41.4 Å². The molecule has 170 valence electrons. The molecule has 0 bridgehead atoms. The Bertz CT molecular complexity index is 666. The number of carbonyl (C=O) groups excluding carboxylic acids is 1. The fourth-order valence-electron chi connectivity index (χ4n) is 6.05. The van der Waals surface area contributed by atoms with E-state index in [1.165, 1.54) is 0 Å². The third-order valence-corrected chi connectivity index (χ3v) is 9.43. The molecule has 2 heterocycles. The topological polar surface area (TPSA) is 73.6 Å². The van der Waals surface area contributed by atoms with Gasteiger partial charge in [-0.1, -0.05) is 18.3 Å². The van der Waals surface area contributed by atoms with Crippen LogP contribution in [0, 0.1) is 35.0 Å². The van der Waals surface area contributed by atoms with Crippen molar-refractivity contribution in [2.24, 2.45) is 40.7 Å². The van der Waals surface area contributed by atoms with Crippen molar-refractivity contribution in [1.29, 1.82) is 0 Å². The second kappa shape index (κ2) is 7.84. The highest BCUT2D eigenvalue weighted by Gasteiger charge is 2.56. The molecule has 5 rings (SSSR count). The van der Waals surface area contributed by atoms with Crippen molar-refractivity contribution >= 4 is 17.5 Å². The molecular weight excluding hydrogens is 405 g/mol. The van der Waals surface area contributed by atoms with Crippen molar-refractivity contribution in [3.8, 4) is 0 Å². The molecule has 0 aromatic carbocycles. The van der Waals surface area contributed by atoms with Gasteiger partial charge in [0.15, 0.2) is 0 Å². The van der Waals surface area contributed by atoms with E-state index in [-0.39, 0.29) is 36.1 Å². The first-order chi connectivity index (χ1) is 14.3. The van der Waals surface area contributed by atoms with Crippen LogP contribution in [0.3, 0.4) is 0 Å². The van der Waals surface area contributed by atoms with Crippen LogP contribution in [-0.2, 0) is 4.79 Å². The SMILES string of the molecule is CC1CCC(C2NCC(CN(F)C(=O)C3(C)CC3)C(N3C[C@@H]4C(N)[C@@H]4C3)N2)CC1Cl. The number of hydrogen-bond acceptors (Lipinski definition) is 5. The number of nitrogens with two attached hydrogens (primary N) is 1. The number of likely N-dealkylation sites (tertiary alicyclic amines) is 1. The van der Waals surface area contributed by atoms with E-state index in [1.54, 1.807) is 0 Å². The average Bonchev–Trinajstić information content (AvgIpc) is 3.55. The maximum absolute atomic E-state index is 14.8. The van der Waals surface area contributed by atoms with Gasteiger partial charge < -0.3 is 11.1 Å². The number of fused-ring (bicyclic) bond motifs is 1. The monoisotopic (exact) mass is 441 g/mol. The minimum Gasteiger partial charge on any atom is -0.327 e. The third-order valence-electron chi connectivity index (χ3n) is 8.82. The van der Waals surface area contributed by atoms with Crippen LogP contribution in [0.1, 0.15) is 46.0 Å². The van der Waals surface area contributed by atoms with E-state index >= 15 is 0 Å². The van der Waals surface area contributed by atoms with Crippen molar-refractivity contribution in [2.75, 3.05) is 26.2 Å². The van der Waals surface area contributed by atoms with Gasteiger partial charge in [0.2, 0.25) is 0 Å². The molecule has 3 saturated carbocycles. The molecule has 7 unspecified atom stereocenters. The number of piperidine rings is 1. The number of alkyl halides is 1. The minimum absolute atomic E-state index is 0.0144. The summed E-state index contributed by atoms with van der Waals surface area (Å²) in [7, 11) is 0. The first-order valence-electron chi connectivity index (χ1n) is 11.9. The van der Waals surface area contributed by atoms with Crippen molar-refractivity contribution < 1.29 is 9.28 Å². The largest absolute Gasteiger partial charge is 0.327 e. The van der Waals surface area contributed by atoms with Crippen LogP contribution in [0.15, 0.2) is 0 Å². The highest BCUT2D eigenvalue weighted by atomic mass is 35.5. The summed E-state index contributed by atoms with van der Waals surface area (Å²) >= 11 is 6.59. The fourth-order valence-corrected chi connectivity index (χ4v) is 6.41. The lowest BCUT2D eigenvalue weighted by Crippen LogP contribution is -2.68. The quantitative estimate of drug-likeness (QED) is 0.449. The van der Waals surface area contributed by atoms with E-state index in [2.05, 4.69) is 22.5 Å². The Balaban J connectivity index is 1.26. The zero-order chi connectivity index (χ0) is 21.2. The molecule has 30 heavy (non-hydrogen) atoms. The molecule has 2 aliphatic heterocycles. The van der Waals surface area contributed by atoms with Crippen LogP contribution >= 0.6 is 11.6 Å². The van der Waals surface area contributed by atoms with Crippen molar-refractivity contribution in [1.82, 2.24) is 20.7 Å². The fraction of sp³-hybridized carbons (Fsp3) is 0.955. The highest BCUT2D eigenvalue weighted by molar-refractivity contribution is 6.20. The Kier molecular flexibility index (Phi) is 5.58. The first kappa shape index (κ1) is 21.4. The van der Waals surface area contributed by atoms with Crippen molar-refractivity contribution in [2.45, 2.75) is 69.7 Å². The molecule has 9 atom stereocenters. The number of carbonyl (C=O) groups is 1. The smallest absolute Gasteiger partial charge is 0.256 e. The van der Waals surface area contributed by atoms with Crippen molar-refractivity contribution in [3.05, 3.63) is 0 Å². The van der Waals surface area contributed by atoms with Gasteiger partial charge in [0.1, 0.15) is 0 Å². The molecule has 0 aromatic rings. The number of nitrogens with zero attached hydrogens (tertiary/aromatic N) is 2. The normalized spacial score (nSPS) is 47.6. The predicted molar refractivity (Wildman–Crippen MR) is 115 cm³/mol. The van der Waals surface area contributed by atoms with Crippen molar-refractivity contribution in [3.63, 3.8) is 0 Å². The van der Waals surface area contributed by atoms with Gasteiger partial charge in [-0.15, -0.1) is 11.6 Å². The Morgan fingerprint density at radius 1 is 1.30 bits per heavy atom. The maximum Gasteiger partial charge on any atom is 0.256 e. The van der Waals surface area contributed by atoms with E-state index in [4.69, 9.17) is 17.3 Å². The number of rotatable bonds is 5. The number of hydrogen-bond donors (Lipinski definition) is 3. The van der Waals surface area contributed by atoms with Gasteiger partial charge in [-0.3, -0.25) is 15.0 Å². The van der Waals surface area contributed by atoms with Gasteiger partial charge in [-0.25, -0.2) is 0 Å². The predicted octanol–water partition coefficient (Wildman–Crippen LogP) is 1.89. The van der Waals surface area contributed by atoms with Gasteiger partial charge in [0.25, 0.3) is 5.91 Å². The van der Waals surface area contributed by atoms with Gasteiger partial charge >= 0.3 is 0 Å². The Hall–Kier alpha value is -0.470. The molecule has 0 aromatic heterocycles. The van der Waals surface area contributed by atoms with Crippen LogP contribution < -0.4 is 16.4 Å². The molecule has 5 aliphatic rings. The Morgan fingerprint density at radius 2 is 2.00 bits per heavy atom. The summed E-state index contributed by atoms with van der Waals surface area (Å²) in [5.74, 6) is 1.88. The molecule has 8 heteroatoms. The summed E-state index contributed by atoms with van der Waals surface area (Å²) in [6.07, 6.45) is 5.18. The number of amides is 1. The Labute approximate surface area is 184 Å². The summed E-state index contributed by atoms with van der Waals surface area (Å²) < 4.78 is 14.8.